The number of aliphatic hydroxyl groups is 1. The number of rotatable bonds is 8. The lowest BCUT2D eigenvalue weighted by molar-refractivity contribution is -0.120. The molecule has 2 aromatic rings. The van der Waals surface area contributed by atoms with E-state index in [0.717, 1.165) is 31.9 Å². The highest BCUT2D eigenvalue weighted by Crippen LogP contribution is 2.68. The number of aromatic nitrogens is 2. The van der Waals surface area contributed by atoms with Gasteiger partial charge in [0.25, 0.3) is 0 Å². The molecule has 1 saturated carbocycles. The summed E-state index contributed by atoms with van der Waals surface area (Å²) in [5, 5.41) is 14.1. The van der Waals surface area contributed by atoms with Crippen LogP contribution in [0.4, 0.5) is 0 Å². The van der Waals surface area contributed by atoms with Crippen molar-refractivity contribution in [3.8, 4) is 0 Å². The lowest BCUT2D eigenvalue weighted by Gasteiger charge is -2.17. The Bertz CT molecular complexity index is 836. The van der Waals surface area contributed by atoms with Gasteiger partial charge in [0.1, 0.15) is 5.82 Å². The van der Waals surface area contributed by atoms with Crippen LogP contribution in [0.1, 0.15) is 37.1 Å². The number of β-amino-alcohol motifs (C(OH)–C–C–N with tert-alkyl or cyclic N) is 1. The van der Waals surface area contributed by atoms with E-state index in [9.17, 15) is 9.90 Å². The number of carbonyl (C=O) groups excluding carboxylic acids is 1. The van der Waals surface area contributed by atoms with Crippen LogP contribution in [-0.2, 0) is 11.3 Å². The lowest BCUT2D eigenvalue weighted by atomic mass is 9.95. The third kappa shape index (κ3) is 3.83. The van der Waals surface area contributed by atoms with Crippen LogP contribution in [0.5, 0.6) is 0 Å². The minimum absolute atomic E-state index is 0.0823. The Morgan fingerprint density at radius 1 is 1.31 bits per heavy atom. The summed E-state index contributed by atoms with van der Waals surface area (Å²) in [6.07, 6.45) is 5.04. The Balaban J connectivity index is 1.42. The second-order valence-corrected chi connectivity index (χ2v) is 8.54. The van der Waals surface area contributed by atoms with Crippen molar-refractivity contribution in [1.29, 1.82) is 0 Å². The molecule has 1 aromatic heterocycles. The molecule has 4 rings (SSSR count). The molecule has 2 aliphatic rings. The Hall–Kier alpha value is -2.18. The maximum Gasteiger partial charge on any atom is 0.219 e. The Labute approximate surface area is 172 Å². The molecule has 0 bridgehead atoms. The molecule has 2 heterocycles. The molecule has 1 aliphatic heterocycles. The molecule has 4 atom stereocenters. The van der Waals surface area contributed by atoms with Gasteiger partial charge in [-0.05, 0) is 37.3 Å². The Kier molecular flexibility index (Phi) is 5.74. The van der Waals surface area contributed by atoms with E-state index in [-0.39, 0.29) is 23.3 Å². The van der Waals surface area contributed by atoms with Crippen molar-refractivity contribution >= 4 is 5.91 Å². The van der Waals surface area contributed by atoms with Gasteiger partial charge in [-0.25, -0.2) is 4.98 Å². The van der Waals surface area contributed by atoms with E-state index >= 15 is 0 Å². The van der Waals surface area contributed by atoms with Crippen LogP contribution < -0.4 is 5.32 Å². The zero-order valence-corrected chi connectivity index (χ0v) is 17.4. The molecule has 1 spiro atoms. The highest BCUT2D eigenvalue weighted by molar-refractivity contribution is 5.75. The summed E-state index contributed by atoms with van der Waals surface area (Å²) in [5.41, 5.74) is 1.13. The summed E-state index contributed by atoms with van der Waals surface area (Å²) in [7, 11) is 0. The number of amides is 1. The summed E-state index contributed by atoms with van der Waals surface area (Å²) in [6.45, 7) is 8.06. The predicted octanol–water partition coefficient (Wildman–Crippen LogP) is 2.18. The van der Waals surface area contributed by atoms with E-state index in [0.29, 0.717) is 25.4 Å². The number of nitrogens with one attached hydrogen (secondary N) is 1. The van der Waals surface area contributed by atoms with Gasteiger partial charge in [-0.3, -0.25) is 9.69 Å². The molecule has 2 fully saturated rings. The maximum absolute atomic E-state index is 11.8. The quantitative estimate of drug-likeness (QED) is 0.718. The van der Waals surface area contributed by atoms with Crippen LogP contribution >= 0.6 is 0 Å². The number of hydrogen-bond acceptors (Lipinski definition) is 4. The third-order valence-electron chi connectivity index (χ3n) is 6.91. The van der Waals surface area contributed by atoms with Gasteiger partial charge in [-0.15, -0.1) is 0 Å². The normalized spacial score (nSPS) is 28.7. The van der Waals surface area contributed by atoms with Crippen molar-refractivity contribution in [2.75, 3.05) is 26.2 Å². The van der Waals surface area contributed by atoms with Gasteiger partial charge >= 0.3 is 0 Å². The summed E-state index contributed by atoms with van der Waals surface area (Å²) in [4.78, 5) is 18.5. The zero-order valence-electron chi connectivity index (χ0n) is 17.4. The molecular formula is C23H32N4O2. The molecule has 0 radical (unpaired) electrons. The van der Waals surface area contributed by atoms with E-state index in [2.05, 4.69) is 44.0 Å². The van der Waals surface area contributed by atoms with E-state index in [1.807, 2.05) is 32.3 Å². The van der Waals surface area contributed by atoms with Gasteiger partial charge < -0.3 is 15.0 Å². The van der Waals surface area contributed by atoms with Gasteiger partial charge in [0, 0.05) is 50.4 Å². The molecule has 156 valence electrons. The second kappa shape index (κ2) is 8.28. The number of imidazole rings is 1. The smallest absolute Gasteiger partial charge is 0.219 e. The summed E-state index contributed by atoms with van der Waals surface area (Å²) < 4.78 is 2.18. The zero-order chi connectivity index (χ0) is 20.4. The average molecular weight is 397 g/mol. The van der Waals surface area contributed by atoms with Crippen LogP contribution in [0.25, 0.3) is 0 Å². The largest absolute Gasteiger partial charge is 0.391 e. The monoisotopic (exact) mass is 396 g/mol. The summed E-state index contributed by atoms with van der Waals surface area (Å²) in [5.74, 6) is 1.72. The SMILES string of the molecule is CCC(=O)NC[C@@H]1[C@@H](c2ccccc2)[C@]12CN(CCCn1ccnc1C)C[C@@H]2O. The molecule has 6 nitrogen and oxygen atoms in total. The minimum atomic E-state index is -0.355. The van der Waals surface area contributed by atoms with Gasteiger partial charge in [0.15, 0.2) is 0 Å². The third-order valence-corrected chi connectivity index (χ3v) is 6.91. The molecule has 1 aromatic carbocycles. The fourth-order valence-corrected chi connectivity index (χ4v) is 5.32. The van der Waals surface area contributed by atoms with E-state index in [1.54, 1.807) is 0 Å². The van der Waals surface area contributed by atoms with Crippen molar-refractivity contribution in [3.05, 3.63) is 54.1 Å². The Morgan fingerprint density at radius 3 is 2.79 bits per heavy atom. The van der Waals surface area contributed by atoms with E-state index in [1.165, 1.54) is 5.56 Å². The first-order valence-electron chi connectivity index (χ1n) is 10.8. The van der Waals surface area contributed by atoms with E-state index < -0.39 is 0 Å². The summed E-state index contributed by atoms with van der Waals surface area (Å²) >= 11 is 0. The number of carbonyl (C=O) groups is 1. The van der Waals surface area contributed by atoms with Crippen molar-refractivity contribution in [2.45, 2.75) is 45.3 Å². The second-order valence-electron chi connectivity index (χ2n) is 8.54. The average Bonchev–Trinajstić information content (AvgIpc) is 2.97. The van der Waals surface area contributed by atoms with E-state index in [4.69, 9.17) is 0 Å². The van der Waals surface area contributed by atoms with Crippen molar-refractivity contribution in [3.63, 3.8) is 0 Å². The van der Waals surface area contributed by atoms with Crippen LogP contribution in [0.3, 0.4) is 0 Å². The van der Waals surface area contributed by atoms with Gasteiger partial charge in [-0.1, -0.05) is 37.3 Å². The maximum atomic E-state index is 11.8. The number of aliphatic hydroxyl groups excluding tert-OH is 1. The minimum Gasteiger partial charge on any atom is -0.391 e. The van der Waals surface area contributed by atoms with Crippen LogP contribution in [0.2, 0.25) is 0 Å². The van der Waals surface area contributed by atoms with Gasteiger partial charge in [-0.2, -0.15) is 0 Å². The lowest BCUT2D eigenvalue weighted by Crippen LogP contribution is -2.29. The molecule has 1 amide bonds. The Morgan fingerprint density at radius 2 is 2.10 bits per heavy atom. The van der Waals surface area contributed by atoms with Crippen molar-refractivity contribution in [2.24, 2.45) is 11.3 Å². The molecule has 2 N–H and O–H groups in total. The van der Waals surface area contributed by atoms with Crippen LogP contribution in [0, 0.1) is 18.3 Å². The number of hydrogen-bond donors (Lipinski definition) is 2. The molecule has 1 aliphatic carbocycles. The van der Waals surface area contributed by atoms with Crippen molar-refractivity contribution in [1.82, 2.24) is 19.8 Å². The first-order valence-corrected chi connectivity index (χ1v) is 10.8. The molecule has 1 saturated heterocycles. The van der Waals surface area contributed by atoms with Gasteiger partial charge in [0.2, 0.25) is 5.91 Å². The number of benzene rings is 1. The molecule has 29 heavy (non-hydrogen) atoms. The first-order chi connectivity index (χ1) is 14.1. The van der Waals surface area contributed by atoms with Crippen LogP contribution in [-0.4, -0.2) is 57.7 Å². The fraction of sp³-hybridized carbons (Fsp3) is 0.565. The number of likely N-dealkylation sites (tertiary alicyclic amines) is 1. The first kappa shape index (κ1) is 20.1. The number of aryl methyl sites for hydroxylation is 2. The molecule has 0 unspecified atom stereocenters. The summed E-state index contributed by atoms with van der Waals surface area (Å²) in [6, 6.07) is 10.5. The fourth-order valence-electron chi connectivity index (χ4n) is 5.32. The highest BCUT2D eigenvalue weighted by Gasteiger charge is 2.70. The molecule has 6 heteroatoms. The molecular weight excluding hydrogens is 364 g/mol. The topological polar surface area (TPSA) is 70.4 Å². The van der Waals surface area contributed by atoms with Crippen LogP contribution in [0.15, 0.2) is 42.7 Å². The van der Waals surface area contributed by atoms with Gasteiger partial charge in [0.05, 0.1) is 6.10 Å². The van der Waals surface area contributed by atoms with Crippen molar-refractivity contribution < 1.29 is 9.90 Å². The highest BCUT2D eigenvalue weighted by atomic mass is 16.3. The predicted molar refractivity (Wildman–Crippen MR) is 112 cm³/mol. The number of nitrogens with zero attached hydrogens (tertiary/aromatic N) is 3. The standard InChI is InChI=1S/C23H32N4O2/c1-3-21(29)25-14-19-22(18-8-5-4-6-9-18)23(19)16-26(15-20(23)28)11-7-12-27-13-10-24-17(27)2/h4-6,8-10,13,19-20,22,28H,3,7,11-12,14-16H2,1-2H3,(H,25,29)/t19-,20+,22-,23-/m1/s1.